The Labute approximate surface area is 172 Å². The highest BCUT2D eigenvalue weighted by Crippen LogP contribution is 2.34. The summed E-state index contributed by atoms with van der Waals surface area (Å²) >= 11 is 1.88. The highest BCUT2D eigenvalue weighted by molar-refractivity contribution is 7.09. The molecule has 0 radical (unpaired) electrons. The first-order chi connectivity index (χ1) is 11.9. The zero-order valence-corrected chi connectivity index (χ0v) is 17.4. The Morgan fingerprint density at radius 2 is 2.04 bits per heavy atom. The molecular formula is C19H28Cl2N4S. The smallest absolute Gasteiger partial charge is 0.0959 e. The minimum Gasteiger partial charge on any atom is -0.314 e. The Balaban J connectivity index is 0.00000121. The van der Waals surface area contributed by atoms with Gasteiger partial charge in [0.1, 0.15) is 0 Å². The van der Waals surface area contributed by atoms with Gasteiger partial charge in [-0.15, -0.1) is 36.2 Å². The molecule has 2 aromatic rings. The van der Waals surface area contributed by atoms with E-state index in [0.29, 0.717) is 6.04 Å². The van der Waals surface area contributed by atoms with Crippen LogP contribution < -0.4 is 5.32 Å². The van der Waals surface area contributed by atoms with Crippen LogP contribution in [0.25, 0.3) is 0 Å². The minimum atomic E-state index is 0. The second kappa shape index (κ2) is 10.6. The first-order valence-corrected chi connectivity index (χ1v) is 10.1. The second-order valence-corrected chi connectivity index (χ2v) is 7.88. The summed E-state index contributed by atoms with van der Waals surface area (Å²) in [6, 6.07) is 4.62. The van der Waals surface area contributed by atoms with Crippen molar-refractivity contribution < 1.29 is 0 Å². The van der Waals surface area contributed by atoms with E-state index in [9.17, 15) is 0 Å². The summed E-state index contributed by atoms with van der Waals surface area (Å²) < 4.78 is 0. The molecule has 1 aliphatic heterocycles. The number of nitrogens with one attached hydrogen (secondary N) is 1. The number of aromatic nitrogens is 2. The summed E-state index contributed by atoms with van der Waals surface area (Å²) in [4.78, 5) is 11.8. The van der Waals surface area contributed by atoms with Gasteiger partial charge in [0.25, 0.3) is 0 Å². The molecule has 4 rings (SSSR count). The summed E-state index contributed by atoms with van der Waals surface area (Å²) in [7, 11) is 0. The van der Waals surface area contributed by atoms with E-state index in [1.165, 1.54) is 48.4 Å². The summed E-state index contributed by atoms with van der Waals surface area (Å²) in [5, 5.41) is 7.18. The molecule has 1 aliphatic carbocycles. The maximum atomic E-state index is 5.00. The van der Waals surface area contributed by atoms with Gasteiger partial charge in [-0.25, -0.2) is 4.98 Å². The van der Waals surface area contributed by atoms with Crippen molar-refractivity contribution in [3.05, 3.63) is 46.2 Å². The number of hydrogen-bond donors (Lipinski definition) is 1. The van der Waals surface area contributed by atoms with Crippen molar-refractivity contribution in [1.29, 1.82) is 0 Å². The van der Waals surface area contributed by atoms with Gasteiger partial charge in [0.05, 0.1) is 10.7 Å². The molecule has 3 heterocycles. The lowest BCUT2D eigenvalue weighted by Gasteiger charge is -2.35. The van der Waals surface area contributed by atoms with Crippen LogP contribution in [0.5, 0.6) is 0 Å². The van der Waals surface area contributed by atoms with E-state index in [2.05, 4.69) is 26.6 Å². The molecule has 0 bridgehead atoms. The van der Waals surface area contributed by atoms with Gasteiger partial charge < -0.3 is 5.32 Å². The first-order valence-electron chi connectivity index (χ1n) is 9.19. The van der Waals surface area contributed by atoms with E-state index in [1.807, 2.05) is 29.8 Å². The van der Waals surface area contributed by atoms with Gasteiger partial charge in [0, 0.05) is 55.9 Å². The lowest BCUT2D eigenvalue weighted by molar-refractivity contribution is 0.152. The Hall–Kier alpha value is -0.720. The summed E-state index contributed by atoms with van der Waals surface area (Å²) in [5.41, 5.74) is 2.55. The van der Waals surface area contributed by atoms with Crippen molar-refractivity contribution in [3.63, 3.8) is 0 Å². The quantitative estimate of drug-likeness (QED) is 0.794. The van der Waals surface area contributed by atoms with Crippen LogP contribution in [-0.4, -0.2) is 34.5 Å². The molecular weight excluding hydrogens is 387 g/mol. The van der Waals surface area contributed by atoms with Crippen LogP contribution in [0.15, 0.2) is 29.9 Å². The van der Waals surface area contributed by atoms with Crippen LogP contribution in [0, 0.1) is 0 Å². The average Bonchev–Trinajstić information content (AvgIpc) is 3.12. The van der Waals surface area contributed by atoms with Gasteiger partial charge >= 0.3 is 0 Å². The van der Waals surface area contributed by atoms with Crippen molar-refractivity contribution in [1.82, 2.24) is 20.2 Å². The summed E-state index contributed by atoms with van der Waals surface area (Å²) in [6.07, 6.45) is 10.7. The van der Waals surface area contributed by atoms with Crippen molar-refractivity contribution in [2.75, 3.05) is 19.6 Å². The number of piperazine rings is 1. The number of thiazole rings is 1. The lowest BCUT2D eigenvalue weighted by Crippen LogP contribution is -2.45. The molecule has 2 aliphatic rings. The average molecular weight is 415 g/mol. The van der Waals surface area contributed by atoms with E-state index in [0.717, 1.165) is 32.1 Å². The van der Waals surface area contributed by atoms with Crippen LogP contribution >= 0.6 is 36.2 Å². The molecule has 2 fully saturated rings. The van der Waals surface area contributed by atoms with Gasteiger partial charge in [-0.1, -0.05) is 25.3 Å². The van der Waals surface area contributed by atoms with Crippen molar-refractivity contribution in [3.8, 4) is 0 Å². The third-order valence-electron chi connectivity index (χ3n) is 5.31. The molecule has 2 aromatic heterocycles. The second-order valence-electron chi connectivity index (χ2n) is 6.99. The third kappa shape index (κ3) is 5.17. The molecule has 144 valence electrons. The fourth-order valence-corrected chi connectivity index (χ4v) is 4.96. The van der Waals surface area contributed by atoms with Crippen LogP contribution in [-0.2, 0) is 6.54 Å². The standard InChI is InChI=1S/C19H26N4S.2ClH/c1-2-5-15(6-3-1)19-22-17(14-24-19)13-23-10-9-21-12-18(23)16-7-4-8-20-11-16;;/h4,7-8,11,14-15,18,21H,1-3,5-6,9-10,12-13H2;2*1H. The van der Waals surface area contributed by atoms with Crippen LogP contribution in [0.2, 0.25) is 0 Å². The zero-order chi connectivity index (χ0) is 16.2. The van der Waals surface area contributed by atoms with Crippen molar-refractivity contribution in [2.45, 2.75) is 50.6 Å². The molecule has 1 unspecified atom stereocenters. The van der Waals surface area contributed by atoms with Crippen molar-refractivity contribution in [2.24, 2.45) is 0 Å². The van der Waals surface area contributed by atoms with Gasteiger partial charge in [-0.3, -0.25) is 9.88 Å². The highest BCUT2D eigenvalue weighted by Gasteiger charge is 2.25. The van der Waals surface area contributed by atoms with Crippen LogP contribution in [0.3, 0.4) is 0 Å². The predicted octanol–water partition coefficient (Wildman–Crippen LogP) is 4.58. The van der Waals surface area contributed by atoms with Crippen LogP contribution in [0.4, 0.5) is 0 Å². The largest absolute Gasteiger partial charge is 0.314 e. The Morgan fingerprint density at radius 3 is 2.81 bits per heavy atom. The molecule has 0 amide bonds. The monoisotopic (exact) mass is 414 g/mol. The Morgan fingerprint density at radius 1 is 1.19 bits per heavy atom. The van der Waals surface area contributed by atoms with Gasteiger partial charge in [-0.2, -0.15) is 0 Å². The molecule has 7 heteroatoms. The van der Waals surface area contributed by atoms with Gasteiger partial charge in [-0.05, 0) is 24.5 Å². The SMILES string of the molecule is Cl.Cl.c1cncc(C2CNCCN2Cc2csc(C3CCCCC3)n2)c1. The zero-order valence-electron chi connectivity index (χ0n) is 15.0. The molecule has 0 spiro atoms. The van der Waals surface area contributed by atoms with E-state index >= 15 is 0 Å². The molecule has 1 saturated heterocycles. The lowest BCUT2D eigenvalue weighted by atomic mass is 9.90. The minimum absolute atomic E-state index is 0. The summed E-state index contributed by atoms with van der Waals surface area (Å²) in [5.74, 6) is 0.717. The maximum Gasteiger partial charge on any atom is 0.0959 e. The molecule has 26 heavy (non-hydrogen) atoms. The van der Waals surface area contributed by atoms with E-state index < -0.39 is 0 Å². The van der Waals surface area contributed by atoms with E-state index in [-0.39, 0.29) is 24.8 Å². The number of nitrogens with zero attached hydrogens (tertiary/aromatic N) is 3. The fraction of sp³-hybridized carbons (Fsp3) is 0.579. The Kier molecular flexibility index (Phi) is 8.77. The number of rotatable bonds is 4. The molecule has 1 N–H and O–H groups in total. The first kappa shape index (κ1) is 21.6. The molecule has 0 aromatic carbocycles. The maximum absolute atomic E-state index is 5.00. The van der Waals surface area contributed by atoms with Gasteiger partial charge in [0.15, 0.2) is 0 Å². The summed E-state index contributed by atoms with van der Waals surface area (Å²) in [6.45, 7) is 4.06. The highest BCUT2D eigenvalue weighted by atomic mass is 35.5. The number of halogens is 2. The third-order valence-corrected chi connectivity index (χ3v) is 6.37. The molecule has 1 saturated carbocycles. The molecule has 4 nitrogen and oxygen atoms in total. The normalized spacial score (nSPS) is 21.6. The Bertz CT molecular complexity index is 646. The van der Waals surface area contributed by atoms with Crippen molar-refractivity contribution >= 4 is 36.2 Å². The number of pyridine rings is 1. The fourth-order valence-electron chi connectivity index (χ4n) is 3.98. The topological polar surface area (TPSA) is 41.1 Å². The van der Waals surface area contributed by atoms with Crippen LogP contribution in [0.1, 0.15) is 60.3 Å². The van der Waals surface area contributed by atoms with E-state index in [1.54, 1.807) is 0 Å². The number of hydrogen-bond acceptors (Lipinski definition) is 5. The molecule has 1 atom stereocenters. The predicted molar refractivity (Wildman–Crippen MR) is 113 cm³/mol. The van der Waals surface area contributed by atoms with E-state index in [4.69, 9.17) is 4.98 Å². The van der Waals surface area contributed by atoms with Gasteiger partial charge in [0.2, 0.25) is 0 Å².